The van der Waals surface area contributed by atoms with E-state index in [9.17, 15) is 0 Å². The van der Waals surface area contributed by atoms with Gasteiger partial charge in [0.25, 0.3) is 0 Å². The van der Waals surface area contributed by atoms with Crippen LogP contribution in [0.25, 0.3) is 11.5 Å². The van der Waals surface area contributed by atoms with E-state index in [1.54, 1.807) is 12.1 Å². The minimum absolute atomic E-state index is 0.0520. The smallest absolute Gasteiger partial charge is 0.200 e. The molecule has 0 saturated carbocycles. The Morgan fingerprint density at radius 2 is 2.06 bits per heavy atom. The average Bonchev–Trinajstić information content (AvgIpc) is 3.03. The van der Waals surface area contributed by atoms with Crippen molar-refractivity contribution in [2.75, 3.05) is 0 Å². The summed E-state index contributed by atoms with van der Waals surface area (Å²) >= 11 is 0. The molecular weight excluding hydrogens is 234 g/mol. The van der Waals surface area contributed by atoms with Gasteiger partial charge in [0.15, 0.2) is 22.9 Å². The van der Waals surface area contributed by atoms with Crippen LogP contribution in [-0.4, -0.2) is 34.8 Å². The van der Waals surface area contributed by atoms with E-state index in [0.29, 0.717) is 11.5 Å². The lowest BCUT2D eigenvalue weighted by Gasteiger charge is -2.01. The third-order valence-electron chi connectivity index (χ3n) is 2.28. The van der Waals surface area contributed by atoms with Crippen LogP contribution in [0.5, 0.6) is 0 Å². The Labute approximate surface area is 99.5 Å². The number of tetrazole rings is 1. The minimum Gasteiger partial charge on any atom is -0.271 e. The van der Waals surface area contributed by atoms with Crippen molar-refractivity contribution in [1.29, 1.82) is 10.5 Å². The highest BCUT2D eigenvalue weighted by Gasteiger charge is 2.13. The molecule has 9 heteroatoms. The summed E-state index contributed by atoms with van der Waals surface area (Å²) in [5.74, 6) is 0.403. The molecule has 0 fully saturated rings. The summed E-state index contributed by atoms with van der Waals surface area (Å²) in [6.07, 6.45) is 1.36. The van der Waals surface area contributed by atoms with Gasteiger partial charge in [-0.3, -0.25) is 4.57 Å². The molecule has 0 aliphatic heterocycles. The second-order valence-corrected chi connectivity index (χ2v) is 3.25. The first-order valence-corrected chi connectivity index (χ1v) is 4.77. The lowest BCUT2D eigenvalue weighted by molar-refractivity contribution is 0.716. The number of aromatic nitrogens is 7. The highest BCUT2D eigenvalue weighted by molar-refractivity contribution is 5.43. The molecule has 84 valence electrons. The van der Waals surface area contributed by atoms with Crippen LogP contribution in [-0.2, 0) is 0 Å². The molecule has 9 nitrogen and oxygen atoms in total. The predicted octanol–water partition coefficient (Wildman–Crippen LogP) is -0.552. The predicted molar refractivity (Wildman–Crippen MR) is 55.1 cm³/mol. The number of fused-ring (bicyclic) bond motifs is 1. The highest BCUT2D eigenvalue weighted by atomic mass is 15.6. The first-order valence-electron chi connectivity index (χ1n) is 4.77. The molecule has 3 aromatic rings. The zero-order valence-corrected chi connectivity index (χ0v) is 8.76. The van der Waals surface area contributed by atoms with Crippen LogP contribution in [0.15, 0.2) is 18.5 Å². The fourth-order valence-corrected chi connectivity index (χ4v) is 1.48. The Balaban J connectivity index is 2.23. The lowest BCUT2D eigenvalue weighted by atomic mass is 10.3. The van der Waals surface area contributed by atoms with Gasteiger partial charge in [-0.25, -0.2) is 4.98 Å². The van der Waals surface area contributed by atoms with E-state index < -0.39 is 0 Å². The van der Waals surface area contributed by atoms with E-state index >= 15 is 0 Å². The van der Waals surface area contributed by atoms with Crippen molar-refractivity contribution in [3.05, 3.63) is 29.8 Å². The van der Waals surface area contributed by atoms with E-state index in [0.717, 1.165) is 0 Å². The van der Waals surface area contributed by atoms with Crippen molar-refractivity contribution < 1.29 is 0 Å². The standard InChI is InChI=1S/C9H3N9/c10-3-6-7(4-11)17(5-12-6)9-2-1-8-13-15-16-18(8)14-9/h1-2,5H. The van der Waals surface area contributed by atoms with Crippen LogP contribution in [0.4, 0.5) is 0 Å². The van der Waals surface area contributed by atoms with Crippen LogP contribution in [0.3, 0.4) is 0 Å². The summed E-state index contributed by atoms with van der Waals surface area (Å²) in [7, 11) is 0. The fourth-order valence-electron chi connectivity index (χ4n) is 1.48. The molecule has 0 bridgehead atoms. The third kappa shape index (κ3) is 1.28. The number of nitriles is 2. The van der Waals surface area contributed by atoms with Gasteiger partial charge in [0.05, 0.1) is 0 Å². The molecule has 0 saturated heterocycles. The van der Waals surface area contributed by atoms with Crippen molar-refractivity contribution in [1.82, 2.24) is 34.8 Å². The zero-order valence-electron chi connectivity index (χ0n) is 8.76. The number of rotatable bonds is 1. The minimum atomic E-state index is 0.0520. The molecule has 3 aromatic heterocycles. The second kappa shape index (κ2) is 3.61. The maximum atomic E-state index is 9.02. The van der Waals surface area contributed by atoms with E-state index in [1.807, 2.05) is 12.1 Å². The summed E-state index contributed by atoms with van der Waals surface area (Å²) < 4.78 is 2.63. The largest absolute Gasteiger partial charge is 0.271 e. The normalized spacial score (nSPS) is 10.1. The average molecular weight is 237 g/mol. The number of hydrogen-bond donors (Lipinski definition) is 0. The maximum absolute atomic E-state index is 9.02. The molecule has 0 aliphatic carbocycles. The Bertz CT molecular complexity index is 813. The molecule has 3 rings (SSSR count). The molecule has 0 aromatic carbocycles. The second-order valence-electron chi connectivity index (χ2n) is 3.25. The molecule has 3 heterocycles. The molecular formula is C9H3N9. The van der Waals surface area contributed by atoms with Crippen LogP contribution in [0.2, 0.25) is 0 Å². The van der Waals surface area contributed by atoms with Gasteiger partial charge in [-0.15, -0.1) is 14.8 Å². The van der Waals surface area contributed by atoms with Gasteiger partial charge >= 0.3 is 0 Å². The topological polar surface area (TPSA) is 121 Å². The molecule has 0 aliphatic rings. The fraction of sp³-hybridized carbons (Fsp3) is 0. The van der Waals surface area contributed by atoms with Crippen molar-refractivity contribution in [3.63, 3.8) is 0 Å². The van der Waals surface area contributed by atoms with Crippen LogP contribution >= 0.6 is 0 Å². The first-order chi connectivity index (χ1) is 8.83. The molecule has 0 amide bonds. The third-order valence-corrected chi connectivity index (χ3v) is 2.28. The summed E-state index contributed by atoms with van der Waals surface area (Å²) in [5.41, 5.74) is 0.659. The van der Waals surface area contributed by atoms with Crippen molar-refractivity contribution in [3.8, 4) is 18.0 Å². The summed E-state index contributed by atoms with van der Waals surface area (Å²) in [4.78, 5) is 3.83. The van der Waals surface area contributed by atoms with Crippen LogP contribution in [0.1, 0.15) is 11.4 Å². The van der Waals surface area contributed by atoms with Gasteiger partial charge in [0.2, 0.25) is 0 Å². The van der Waals surface area contributed by atoms with E-state index in [4.69, 9.17) is 10.5 Å². The van der Waals surface area contributed by atoms with Crippen molar-refractivity contribution >= 4 is 5.65 Å². The monoisotopic (exact) mass is 237 g/mol. The quantitative estimate of drug-likeness (QED) is 0.556. The molecule has 0 spiro atoms. The summed E-state index contributed by atoms with van der Waals surface area (Å²) in [6.45, 7) is 0. The van der Waals surface area contributed by atoms with E-state index in [1.165, 1.54) is 15.5 Å². The Hall–Kier alpha value is -3.33. The Morgan fingerprint density at radius 3 is 2.83 bits per heavy atom. The van der Waals surface area contributed by atoms with Gasteiger partial charge < -0.3 is 0 Å². The zero-order chi connectivity index (χ0) is 12.5. The van der Waals surface area contributed by atoms with Gasteiger partial charge in [-0.2, -0.15) is 10.5 Å². The SMILES string of the molecule is N#Cc1ncn(-c2ccc3nnnn3n2)c1C#N. The Kier molecular flexibility index (Phi) is 1.98. The lowest BCUT2D eigenvalue weighted by Crippen LogP contribution is -2.04. The summed E-state index contributed by atoms with van der Waals surface area (Å²) in [6, 6.07) is 7.03. The molecule has 0 N–H and O–H groups in total. The van der Waals surface area contributed by atoms with E-state index in [-0.39, 0.29) is 11.4 Å². The molecule has 18 heavy (non-hydrogen) atoms. The van der Waals surface area contributed by atoms with E-state index in [2.05, 4.69) is 25.6 Å². The highest BCUT2D eigenvalue weighted by Crippen LogP contribution is 2.11. The van der Waals surface area contributed by atoms with Crippen LogP contribution < -0.4 is 0 Å². The Morgan fingerprint density at radius 1 is 1.17 bits per heavy atom. The van der Waals surface area contributed by atoms with Crippen molar-refractivity contribution in [2.24, 2.45) is 0 Å². The first kappa shape index (κ1) is 9.86. The molecule has 0 unspecified atom stereocenters. The van der Waals surface area contributed by atoms with Crippen LogP contribution in [0, 0.1) is 22.7 Å². The number of nitrogens with zero attached hydrogens (tertiary/aromatic N) is 9. The van der Waals surface area contributed by atoms with Gasteiger partial charge in [0.1, 0.15) is 18.5 Å². The van der Waals surface area contributed by atoms with Gasteiger partial charge in [-0.1, -0.05) is 0 Å². The molecule has 0 atom stereocenters. The summed E-state index contributed by atoms with van der Waals surface area (Å²) in [5, 5.41) is 32.8. The molecule has 0 radical (unpaired) electrons. The van der Waals surface area contributed by atoms with Gasteiger partial charge in [-0.05, 0) is 22.6 Å². The van der Waals surface area contributed by atoms with Gasteiger partial charge in [0, 0.05) is 0 Å². The number of imidazole rings is 1. The number of hydrogen-bond acceptors (Lipinski definition) is 7. The van der Waals surface area contributed by atoms with Crippen molar-refractivity contribution in [2.45, 2.75) is 0 Å². The maximum Gasteiger partial charge on any atom is 0.200 e.